The molecule has 0 amide bonds. The quantitative estimate of drug-likeness (QED) is 0.462. The van der Waals surface area contributed by atoms with Crippen LogP contribution in [0.3, 0.4) is 0 Å². The van der Waals surface area contributed by atoms with Crippen molar-refractivity contribution in [3.05, 3.63) is 59.4 Å². The zero-order valence-electron chi connectivity index (χ0n) is 18.6. The van der Waals surface area contributed by atoms with Crippen molar-refractivity contribution in [3.8, 4) is 5.75 Å². The van der Waals surface area contributed by atoms with E-state index in [2.05, 4.69) is 23.5 Å². The van der Waals surface area contributed by atoms with Crippen molar-refractivity contribution >= 4 is 25.2 Å². The molecule has 2 aliphatic rings. The molecule has 32 heavy (non-hydrogen) atoms. The summed E-state index contributed by atoms with van der Waals surface area (Å²) < 4.78 is 19.6. The first kappa shape index (κ1) is 24.4. The molecule has 0 aliphatic heterocycles. The number of halogens is 1. The number of carbonyl (C=O) groups is 1. The molecular formula is C26H34FNO3S. The Bertz CT molecular complexity index is 910. The molecule has 0 saturated heterocycles. The standard InChI is InChI=1S/C26H32FNO3.H2S/c1-31-22-11-12-25(27)24(14-22)19-7-5-17(6-8-19)16-28-21-4-2-3-20(13-21)23(15-26(29)30)18-9-10-18;/h2-4,11-14,17-19,23,28H,5-10,15-16H2,1H3,(H,29,30);1H2/t17?,19?,23-;/m0./s1. The summed E-state index contributed by atoms with van der Waals surface area (Å²) in [4.78, 5) is 11.3. The van der Waals surface area contributed by atoms with Crippen LogP contribution in [-0.4, -0.2) is 24.7 Å². The van der Waals surface area contributed by atoms with Crippen LogP contribution in [0.15, 0.2) is 42.5 Å². The topological polar surface area (TPSA) is 58.6 Å². The molecule has 0 radical (unpaired) electrons. The highest BCUT2D eigenvalue weighted by Crippen LogP contribution is 2.45. The van der Waals surface area contributed by atoms with Crippen LogP contribution in [0.5, 0.6) is 5.75 Å². The molecule has 2 N–H and O–H groups in total. The van der Waals surface area contributed by atoms with Gasteiger partial charge in [0.2, 0.25) is 0 Å². The van der Waals surface area contributed by atoms with Crippen molar-refractivity contribution in [2.45, 2.75) is 56.8 Å². The molecule has 0 aromatic heterocycles. The van der Waals surface area contributed by atoms with E-state index in [1.165, 1.54) is 6.07 Å². The lowest BCUT2D eigenvalue weighted by Crippen LogP contribution is -2.21. The lowest BCUT2D eigenvalue weighted by Gasteiger charge is -2.29. The highest BCUT2D eigenvalue weighted by Gasteiger charge is 2.33. The summed E-state index contributed by atoms with van der Waals surface area (Å²) in [5.74, 6) is 1.31. The van der Waals surface area contributed by atoms with E-state index in [9.17, 15) is 14.3 Å². The van der Waals surface area contributed by atoms with E-state index in [1.807, 2.05) is 12.1 Å². The molecular weight excluding hydrogens is 425 g/mol. The van der Waals surface area contributed by atoms with Crippen LogP contribution in [0.25, 0.3) is 0 Å². The Morgan fingerprint density at radius 2 is 1.88 bits per heavy atom. The van der Waals surface area contributed by atoms with Gasteiger partial charge >= 0.3 is 5.97 Å². The normalized spacial score (nSPS) is 21.3. The van der Waals surface area contributed by atoms with Crippen molar-refractivity contribution < 1.29 is 19.0 Å². The fraction of sp³-hybridized carbons (Fsp3) is 0.500. The minimum atomic E-state index is -0.723. The van der Waals surface area contributed by atoms with Gasteiger partial charge in [-0.05, 0) is 104 Å². The summed E-state index contributed by atoms with van der Waals surface area (Å²) in [6.07, 6.45) is 6.57. The van der Waals surface area contributed by atoms with Gasteiger partial charge in [0.05, 0.1) is 13.5 Å². The predicted molar refractivity (Wildman–Crippen MR) is 131 cm³/mol. The maximum absolute atomic E-state index is 14.3. The molecule has 4 nitrogen and oxygen atoms in total. The summed E-state index contributed by atoms with van der Waals surface area (Å²) in [6, 6.07) is 13.3. The number of rotatable bonds is 9. The molecule has 2 aromatic carbocycles. The smallest absolute Gasteiger partial charge is 0.303 e. The van der Waals surface area contributed by atoms with Gasteiger partial charge in [0.25, 0.3) is 0 Å². The summed E-state index contributed by atoms with van der Waals surface area (Å²) in [5.41, 5.74) is 2.98. The van der Waals surface area contributed by atoms with E-state index in [0.29, 0.717) is 17.6 Å². The van der Waals surface area contributed by atoms with Crippen LogP contribution >= 0.6 is 13.5 Å². The first-order valence-corrected chi connectivity index (χ1v) is 11.4. The van der Waals surface area contributed by atoms with Crippen molar-refractivity contribution in [1.82, 2.24) is 0 Å². The molecule has 2 saturated carbocycles. The van der Waals surface area contributed by atoms with E-state index in [-0.39, 0.29) is 37.6 Å². The molecule has 2 aliphatic carbocycles. The molecule has 0 unspecified atom stereocenters. The van der Waals surface area contributed by atoms with E-state index < -0.39 is 5.97 Å². The molecule has 0 bridgehead atoms. The van der Waals surface area contributed by atoms with Crippen molar-refractivity contribution in [1.29, 1.82) is 0 Å². The number of hydrogen-bond donors (Lipinski definition) is 2. The van der Waals surface area contributed by atoms with E-state index in [1.54, 1.807) is 13.2 Å². The van der Waals surface area contributed by atoms with Gasteiger partial charge in [0, 0.05) is 12.2 Å². The van der Waals surface area contributed by atoms with Crippen LogP contribution in [0.1, 0.15) is 67.9 Å². The number of nitrogens with one attached hydrogen (secondary N) is 1. The highest BCUT2D eigenvalue weighted by molar-refractivity contribution is 7.59. The number of methoxy groups -OCH3 is 1. The number of benzene rings is 2. The number of hydrogen-bond acceptors (Lipinski definition) is 3. The Hall–Kier alpha value is -2.21. The predicted octanol–water partition coefficient (Wildman–Crippen LogP) is 6.30. The second-order valence-corrected chi connectivity index (χ2v) is 9.15. The van der Waals surface area contributed by atoms with Crippen molar-refractivity contribution in [2.75, 3.05) is 19.0 Å². The Morgan fingerprint density at radius 3 is 2.53 bits per heavy atom. The maximum atomic E-state index is 14.3. The number of carboxylic acids is 1. The number of ether oxygens (including phenoxy) is 1. The van der Waals surface area contributed by atoms with Crippen LogP contribution in [-0.2, 0) is 4.79 Å². The van der Waals surface area contributed by atoms with Crippen LogP contribution in [0, 0.1) is 17.7 Å². The van der Waals surface area contributed by atoms with Gasteiger partial charge in [-0.25, -0.2) is 4.39 Å². The summed E-state index contributed by atoms with van der Waals surface area (Å²) >= 11 is 0. The third kappa shape index (κ3) is 6.18. The van der Waals surface area contributed by atoms with Gasteiger partial charge < -0.3 is 15.2 Å². The molecule has 174 valence electrons. The number of anilines is 1. The largest absolute Gasteiger partial charge is 0.497 e. The average Bonchev–Trinajstić information content (AvgIpc) is 3.62. The lowest BCUT2D eigenvalue weighted by atomic mass is 9.78. The van der Waals surface area contributed by atoms with Crippen LogP contribution < -0.4 is 10.1 Å². The minimum Gasteiger partial charge on any atom is -0.497 e. The van der Waals surface area contributed by atoms with Crippen LogP contribution in [0.2, 0.25) is 0 Å². The third-order valence-corrected chi connectivity index (χ3v) is 6.98. The first-order chi connectivity index (χ1) is 15.0. The van der Waals surface area contributed by atoms with Crippen molar-refractivity contribution in [2.24, 2.45) is 11.8 Å². The maximum Gasteiger partial charge on any atom is 0.303 e. The number of carboxylic acid groups (broad SMARTS) is 1. The summed E-state index contributed by atoms with van der Waals surface area (Å²) in [5, 5.41) is 12.8. The molecule has 0 heterocycles. The number of aliphatic carboxylic acids is 1. The average molecular weight is 460 g/mol. The van der Waals surface area contributed by atoms with E-state index >= 15 is 0 Å². The fourth-order valence-corrected chi connectivity index (χ4v) is 5.02. The lowest BCUT2D eigenvalue weighted by molar-refractivity contribution is -0.137. The second-order valence-electron chi connectivity index (χ2n) is 9.15. The van der Waals surface area contributed by atoms with E-state index in [0.717, 1.165) is 61.9 Å². The Kier molecular flexibility index (Phi) is 8.46. The second kappa shape index (κ2) is 11.1. The Balaban J connectivity index is 0.00000289. The SMILES string of the molecule is COc1ccc(F)c(C2CCC(CNc3cccc([C@@H](CC(=O)O)C4CC4)c3)CC2)c1.S. The van der Waals surface area contributed by atoms with Gasteiger partial charge in [-0.2, -0.15) is 13.5 Å². The Labute approximate surface area is 197 Å². The van der Waals surface area contributed by atoms with Gasteiger partial charge in [-0.1, -0.05) is 12.1 Å². The zero-order chi connectivity index (χ0) is 21.8. The third-order valence-electron chi connectivity index (χ3n) is 6.98. The van der Waals surface area contributed by atoms with Gasteiger partial charge in [-0.15, -0.1) is 0 Å². The van der Waals surface area contributed by atoms with E-state index in [4.69, 9.17) is 4.74 Å². The minimum absolute atomic E-state index is 0. The molecule has 2 aromatic rings. The first-order valence-electron chi connectivity index (χ1n) is 11.4. The molecule has 4 rings (SSSR count). The van der Waals surface area contributed by atoms with Gasteiger partial charge in [-0.3, -0.25) is 4.79 Å². The zero-order valence-corrected chi connectivity index (χ0v) is 19.6. The molecule has 2 fully saturated rings. The summed E-state index contributed by atoms with van der Waals surface area (Å²) in [7, 11) is 1.61. The van der Waals surface area contributed by atoms with Crippen LogP contribution in [0.4, 0.5) is 10.1 Å². The van der Waals surface area contributed by atoms with Crippen molar-refractivity contribution in [3.63, 3.8) is 0 Å². The monoisotopic (exact) mass is 459 g/mol. The van der Waals surface area contributed by atoms with Gasteiger partial charge in [0.1, 0.15) is 11.6 Å². The highest BCUT2D eigenvalue weighted by atomic mass is 32.1. The Morgan fingerprint density at radius 1 is 1.12 bits per heavy atom. The molecule has 1 atom stereocenters. The molecule has 6 heteroatoms. The fourth-order valence-electron chi connectivity index (χ4n) is 5.02. The summed E-state index contributed by atoms with van der Waals surface area (Å²) in [6.45, 7) is 0.893. The molecule has 0 spiro atoms. The van der Waals surface area contributed by atoms with Gasteiger partial charge in [0.15, 0.2) is 0 Å².